The lowest BCUT2D eigenvalue weighted by molar-refractivity contribution is -0.120. The summed E-state index contributed by atoms with van der Waals surface area (Å²) in [6.45, 7) is 0. The van der Waals surface area contributed by atoms with Gasteiger partial charge in [0.05, 0.1) is 0 Å². The molecule has 0 saturated heterocycles. The van der Waals surface area contributed by atoms with E-state index in [9.17, 15) is 4.79 Å². The van der Waals surface area contributed by atoms with Gasteiger partial charge in [-0.1, -0.05) is 18.2 Å². The molecule has 1 saturated carbocycles. The summed E-state index contributed by atoms with van der Waals surface area (Å²) < 4.78 is 0. The second-order valence-corrected chi connectivity index (χ2v) is 4.18. The van der Waals surface area contributed by atoms with Crippen molar-refractivity contribution in [3.63, 3.8) is 0 Å². The average molecular weight is 160 g/mol. The molecule has 3 rings (SSSR count). The number of allylic oxidation sites excluding steroid dienone is 4. The Morgan fingerprint density at radius 2 is 2.08 bits per heavy atom. The number of ketones is 1. The fourth-order valence-corrected chi connectivity index (χ4v) is 3.12. The van der Waals surface area contributed by atoms with Crippen LogP contribution in [0.2, 0.25) is 0 Å². The lowest BCUT2D eigenvalue weighted by Crippen LogP contribution is -2.28. The Balaban J connectivity index is 2.03. The molecule has 0 amide bonds. The Labute approximate surface area is 72.2 Å². The van der Waals surface area contributed by atoms with E-state index < -0.39 is 0 Å². The van der Waals surface area contributed by atoms with Crippen LogP contribution in [0.1, 0.15) is 12.8 Å². The van der Waals surface area contributed by atoms with Crippen LogP contribution in [0.4, 0.5) is 0 Å². The van der Waals surface area contributed by atoms with Crippen molar-refractivity contribution in [3.8, 4) is 0 Å². The largest absolute Gasteiger partial charge is 0.295 e. The van der Waals surface area contributed by atoms with Gasteiger partial charge in [0, 0.05) is 5.92 Å². The number of rotatable bonds is 0. The first-order chi connectivity index (χ1) is 5.86. The zero-order valence-electron chi connectivity index (χ0n) is 6.94. The lowest BCUT2D eigenvalue weighted by atomic mass is 9.76. The Morgan fingerprint density at radius 3 is 2.92 bits per heavy atom. The molecule has 0 aromatic rings. The molecule has 4 unspecified atom stereocenters. The number of fused-ring (bicyclic) bond motifs is 5. The zero-order chi connectivity index (χ0) is 8.13. The monoisotopic (exact) mass is 160 g/mol. The van der Waals surface area contributed by atoms with Gasteiger partial charge in [0.1, 0.15) is 0 Å². The van der Waals surface area contributed by atoms with E-state index in [0.717, 1.165) is 6.42 Å². The van der Waals surface area contributed by atoms with Crippen molar-refractivity contribution in [3.05, 3.63) is 24.3 Å². The van der Waals surface area contributed by atoms with Crippen LogP contribution in [-0.4, -0.2) is 5.78 Å². The van der Waals surface area contributed by atoms with E-state index in [1.54, 1.807) is 6.08 Å². The molecule has 12 heavy (non-hydrogen) atoms. The molecule has 3 aliphatic rings. The summed E-state index contributed by atoms with van der Waals surface area (Å²) in [5.41, 5.74) is 0. The van der Waals surface area contributed by atoms with Crippen LogP contribution >= 0.6 is 0 Å². The van der Waals surface area contributed by atoms with Crippen LogP contribution in [0, 0.1) is 23.7 Å². The molecule has 0 spiro atoms. The van der Waals surface area contributed by atoms with E-state index in [1.807, 2.05) is 0 Å². The van der Waals surface area contributed by atoms with Crippen molar-refractivity contribution < 1.29 is 4.79 Å². The molecule has 0 aliphatic heterocycles. The summed E-state index contributed by atoms with van der Waals surface area (Å²) in [4.78, 5) is 11.5. The SMILES string of the molecule is O=C1C=CCC2C3C=CC(C3)C12. The molecule has 1 heteroatoms. The fraction of sp³-hybridized carbons (Fsp3) is 0.545. The fourth-order valence-electron chi connectivity index (χ4n) is 3.12. The number of hydrogen-bond acceptors (Lipinski definition) is 1. The van der Waals surface area contributed by atoms with Gasteiger partial charge in [-0.3, -0.25) is 4.79 Å². The van der Waals surface area contributed by atoms with Crippen molar-refractivity contribution in [1.82, 2.24) is 0 Å². The Morgan fingerprint density at radius 1 is 1.25 bits per heavy atom. The van der Waals surface area contributed by atoms with E-state index in [-0.39, 0.29) is 0 Å². The summed E-state index contributed by atoms with van der Waals surface area (Å²) in [6, 6.07) is 0. The third kappa shape index (κ3) is 0.669. The van der Waals surface area contributed by atoms with Crippen LogP contribution in [0.5, 0.6) is 0 Å². The maximum atomic E-state index is 11.5. The van der Waals surface area contributed by atoms with Gasteiger partial charge in [0.15, 0.2) is 5.78 Å². The Bertz CT molecular complexity index is 287. The Kier molecular flexibility index (Phi) is 1.16. The topological polar surface area (TPSA) is 17.1 Å². The normalized spacial score (nSPS) is 48.5. The predicted molar refractivity (Wildman–Crippen MR) is 46.5 cm³/mol. The minimum Gasteiger partial charge on any atom is -0.295 e. The van der Waals surface area contributed by atoms with E-state index in [4.69, 9.17) is 0 Å². The van der Waals surface area contributed by atoms with Crippen LogP contribution in [0.15, 0.2) is 24.3 Å². The average Bonchev–Trinajstić information content (AvgIpc) is 2.64. The summed E-state index contributed by atoms with van der Waals surface area (Å²) in [6.07, 6.45) is 10.8. The molecular formula is C11H12O. The first-order valence-corrected chi connectivity index (χ1v) is 4.75. The van der Waals surface area contributed by atoms with Crippen molar-refractivity contribution >= 4 is 5.78 Å². The molecule has 1 fully saturated rings. The first kappa shape index (κ1) is 6.64. The standard InChI is InChI=1S/C11H12O/c12-10-3-1-2-9-7-4-5-8(6-7)11(9)10/h1,3-5,7-9,11H,2,6H2. The van der Waals surface area contributed by atoms with Gasteiger partial charge in [-0.25, -0.2) is 0 Å². The van der Waals surface area contributed by atoms with Crippen LogP contribution in [-0.2, 0) is 4.79 Å². The molecule has 4 atom stereocenters. The van der Waals surface area contributed by atoms with E-state index in [0.29, 0.717) is 29.5 Å². The highest BCUT2D eigenvalue weighted by molar-refractivity contribution is 5.93. The van der Waals surface area contributed by atoms with Gasteiger partial charge >= 0.3 is 0 Å². The smallest absolute Gasteiger partial charge is 0.159 e. The number of carbonyl (C=O) groups excluding carboxylic acids is 1. The quantitative estimate of drug-likeness (QED) is 0.495. The van der Waals surface area contributed by atoms with Crippen molar-refractivity contribution in [2.24, 2.45) is 23.7 Å². The van der Waals surface area contributed by atoms with Gasteiger partial charge in [0.25, 0.3) is 0 Å². The van der Waals surface area contributed by atoms with Gasteiger partial charge in [-0.15, -0.1) is 0 Å². The maximum absolute atomic E-state index is 11.5. The molecule has 0 N–H and O–H groups in total. The summed E-state index contributed by atoms with van der Waals surface area (Å²) in [7, 11) is 0. The molecule has 0 aromatic carbocycles. The lowest BCUT2D eigenvalue weighted by Gasteiger charge is -2.27. The third-order valence-electron chi connectivity index (χ3n) is 3.64. The predicted octanol–water partition coefficient (Wildman–Crippen LogP) is 1.95. The molecule has 62 valence electrons. The van der Waals surface area contributed by atoms with Gasteiger partial charge in [-0.2, -0.15) is 0 Å². The summed E-state index contributed by atoms with van der Waals surface area (Å²) >= 11 is 0. The molecular weight excluding hydrogens is 148 g/mol. The Hall–Kier alpha value is -0.850. The van der Waals surface area contributed by atoms with Crippen molar-refractivity contribution in [2.45, 2.75) is 12.8 Å². The van der Waals surface area contributed by atoms with Crippen molar-refractivity contribution in [1.29, 1.82) is 0 Å². The first-order valence-electron chi connectivity index (χ1n) is 4.75. The number of carbonyl (C=O) groups is 1. The third-order valence-corrected chi connectivity index (χ3v) is 3.64. The molecule has 0 radical (unpaired) electrons. The van der Waals surface area contributed by atoms with Crippen LogP contribution < -0.4 is 0 Å². The van der Waals surface area contributed by atoms with Crippen LogP contribution in [0.25, 0.3) is 0 Å². The zero-order valence-corrected chi connectivity index (χ0v) is 6.94. The second kappa shape index (κ2) is 2.09. The molecule has 0 heterocycles. The van der Waals surface area contributed by atoms with Gasteiger partial charge in [-0.05, 0) is 36.7 Å². The molecule has 3 aliphatic carbocycles. The maximum Gasteiger partial charge on any atom is 0.159 e. The number of hydrogen-bond donors (Lipinski definition) is 0. The summed E-state index contributed by atoms with van der Waals surface area (Å²) in [5, 5.41) is 0. The highest BCUT2D eigenvalue weighted by Gasteiger charge is 2.47. The minimum atomic E-state index is 0.352. The van der Waals surface area contributed by atoms with E-state index in [2.05, 4.69) is 18.2 Å². The summed E-state index contributed by atoms with van der Waals surface area (Å²) in [5.74, 6) is 2.68. The van der Waals surface area contributed by atoms with Crippen LogP contribution in [0.3, 0.4) is 0 Å². The second-order valence-electron chi connectivity index (χ2n) is 4.18. The van der Waals surface area contributed by atoms with Gasteiger partial charge < -0.3 is 0 Å². The highest BCUT2D eigenvalue weighted by atomic mass is 16.1. The van der Waals surface area contributed by atoms with E-state index in [1.165, 1.54) is 6.42 Å². The molecule has 1 nitrogen and oxygen atoms in total. The minimum absolute atomic E-state index is 0.352. The molecule has 0 aromatic heterocycles. The molecule has 2 bridgehead atoms. The van der Waals surface area contributed by atoms with Gasteiger partial charge in [0.2, 0.25) is 0 Å². The van der Waals surface area contributed by atoms with E-state index >= 15 is 0 Å². The highest BCUT2D eigenvalue weighted by Crippen LogP contribution is 2.51. The van der Waals surface area contributed by atoms with Crippen molar-refractivity contribution in [2.75, 3.05) is 0 Å².